The molecular weight excluding hydrogens is 494 g/mol. The van der Waals surface area contributed by atoms with Crippen LogP contribution in [0.5, 0.6) is 0 Å². The number of aryl methyl sites for hydroxylation is 1. The highest BCUT2D eigenvalue weighted by Gasteiger charge is 2.21. The number of hydrogen-bond acceptors (Lipinski definition) is 3. The van der Waals surface area contributed by atoms with E-state index >= 15 is 0 Å². The second-order valence-corrected chi connectivity index (χ2v) is 11.3. The summed E-state index contributed by atoms with van der Waals surface area (Å²) in [6.07, 6.45) is 2.83. The summed E-state index contributed by atoms with van der Waals surface area (Å²) >= 11 is 1.90. The number of aromatic nitrogens is 3. The Bertz CT molecular complexity index is 2190. The molecule has 0 aliphatic heterocycles. The molecule has 0 N–H and O–H groups in total. The normalized spacial score (nSPS) is 11.9. The third-order valence-electron chi connectivity index (χ3n) is 7.86. The molecule has 0 aliphatic rings. The van der Waals surface area contributed by atoms with Gasteiger partial charge in [0, 0.05) is 59.9 Å². The fourth-order valence-electron chi connectivity index (χ4n) is 6.16. The topological polar surface area (TPSA) is 30.7 Å². The first-order valence-electron chi connectivity index (χ1n) is 13.3. The molecule has 0 bridgehead atoms. The first kappa shape index (κ1) is 22.4. The third kappa shape index (κ3) is 3.49. The lowest BCUT2D eigenvalue weighted by molar-refractivity contribution is 0.798. The Morgan fingerprint density at radius 1 is 0.692 bits per heavy atom. The summed E-state index contributed by atoms with van der Waals surface area (Å²) in [5.74, 6) is 0.804. The van der Waals surface area contributed by atoms with Gasteiger partial charge >= 0.3 is 0 Å². The molecular formula is C35H25N3S. The van der Waals surface area contributed by atoms with Gasteiger partial charge in [0.25, 0.3) is 0 Å². The van der Waals surface area contributed by atoms with Gasteiger partial charge in [-0.3, -0.25) is 0 Å². The van der Waals surface area contributed by atoms with Gasteiger partial charge in [-0.1, -0.05) is 91.0 Å². The van der Waals surface area contributed by atoms with Crippen LogP contribution >= 0.6 is 11.3 Å². The number of para-hydroxylation sites is 1. The SMILES string of the molecule is Cc1ncc(Cc2ccccc2)c(Cn2c3ccccc3c3c4c5ccccc5sc4c4ccccc4c32)n1. The van der Waals surface area contributed by atoms with Crippen LogP contribution in [0.25, 0.3) is 52.8 Å². The second kappa shape index (κ2) is 8.75. The van der Waals surface area contributed by atoms with Crippen LogP contribution in [-0.4, -0.2) is 14.5 Å². The molecule has 3 heterocycles. The standard InChI is InChI=1S/C35H25N3S/c1-22-36-20-24(19-23-11-3-2-4-12-23)29(37-22)21-38-30-17-9-7-15-27(30)32-33-28-16-8-10-18-31(28)39-35(33)26-14-6-5-13-25(26)34(32)38/h2-18,20H,19,21H2,1H3. The van der Waals surface area contributed by atoms with E-state index in [4.69, 9.17) is 4.98 Å². The molecule has 8 rings (SSSR count). The van der Waals surface area contributed by atoms with Gasteiger partial charge in [-0.15, -0.1) is 11.3 Å². The van der Waals surface area contributed by atoms with E-state index in [2.05, 4.69) is 113 Å². The summed E-state index contributed by atoms with van der Waals surface area (Å²) in [5, 5.41) is 7.93. The van der Waals surface area contributed by atoms with E-state index in [9.17, 15) is 0 Å². The average molecular weight is 520 g/mol. The first-order chi connectivity index (χ1) is 19.3. The van der Waals surface area contributed by atoms with Crippen LogP contribution in [0.2, 0.25) is 0 Å². The predicted molar refractivity (Wildman–Crippen MR) is 165 cm³/mol. The Kier molecular flexibility index (Phi) is 5.04. The highest BCUT2D eigenvalue weighted by Crippen LogP contribution is 2.47. The van der Waals surface area contributed by atoms with Crippen molar-refractivity contribution in [3.63, 3.8) is 0 Å². The average Bonchev–Trinajstić information content (AvgIpc) is 3.52. The molecule has 39 heavy (non-hydrogen) atoms. The van der Waals surface area contributed by atoms with Crippen LogP contribution in [0.3, 0.4) is 0 Å². The molecule has 5 aromatic carbocycles. The molecule has 0 fully saturated rings. The lowest BCUT2D eigenvalue weighted by Gasteiger charge is -2.14. The third-order valence-corrected chi connectivity index (χ3v) is 9.07. The van der Waals surface area contributed by atoms with Crippen LogP contribution in [-0.2, 0) is 13.0 Å². The number of fused-ring (bicyclic) bond motifs is 10. The van der Waals surface area contributed by atoms with Gasteiger partial charge in [0.05, 0.1) is 17.8 Å². The van der Waals surface area contributed by atoms with Gasteiger partial charge in [0.15, 0.2) is 0 Å². The van der Waals surface area contributed by atoms with E-state index in [0.29, 0.717) is 6.54 Å². The Morgan fingerprint density at radius 3 is 2.23 bits per heavy atom. The van der Waals surface area contributed by atoms with Gasteiger partial charge in [0.1, 0.15) is 5.82 Å². The zero-order valence-corrected chi connectivity index (χ0v) is 22.4. The zero-order valence-electron chi connectivity index (χ0n) is 21.6. The quantitative estimate of drug-likeness (QED) is 0.232. The molecule has 0 saturated carbocycles. The number of hydrogen-bond donors (Lipinski definition) is 0. The molecule has 0 unspecified atom stereocenters. The van der Waals surface area contributed by atoms with Gasteiger partial charge in [-0.2, -0.15) is 0 Å². The Morgan fingerprint density at radius 2 is 1.38 bits per heavy atom. The fraction of sp³-hybridized carbons (Fsp3) is 0.0857. The van der Waals surface area contributed by atoms with Gasteiger partial charge in [-0.05, 0) is 30.2 Å². The molecule has 0 atom stereocenters. The fourth-order valence-corrected chi connectivity index (χ4v) is 7.41. The minimum absolute atomic E-state index is 0.688. The van der Waals surface area contributed by atoms with Crippen molar-refractivity contribution in [3.05, 3.63) is 132 Å². The number of benzene rings is 5. The van der Waals surface area contributed by atoms with Crippen molar-refractivity contribution in [1.82, 2.24) is 14.5 Å². The Hall–Kier alpha value is -4.54. The minimum Gasteiger partial charge on any atom is -0.334 e. The summed E-state index contributed by atoms with van der Waals surface area (Å²) in [5.41, 5.74) is 6.04. The molecule has 0 spiro atoms. The maximum atomic E-state index is 5.01. The predicted octanol–water partition coefficient (Wildman–Crippen LogP) is 9.05. The summed E-state index contributed by atoms with van der Waals surface area (Å²) in [6.45, 7) is 2.67. The molecule has 4 heteroatoms. The van der Waals surface area contributed by atoms with Crippen LogP contribution in [0.1, 0.15) is 22.6 Å². The smallest absolute Gasteiger partial charge is 0.125 e. The van der Waals surface area contributed by atoms with Crippen LogP contribution in [0.4, 0.5) is 0 Å². The van der Waals surface area contributed by atoms with Crippen LogP contribution < -0.4 is 0 Å². The van der Waals surface area contributed by atoms with Gasteiger partial charge in [0.2, 0.25) is 0 Å². The van der Waals surface area contributed by atoms with Crippen LogP contribution in [0, 0.1) is 6.92 Å². The Labute approximate surface area is 230 Å². The minimum atomic E-state index is 0.688. The summed E-state index contributed by atoms with van der Waals surface area (Å²) in [7, 11) is 0. The number of rotatable bonds is 4. The molecule has 3 aromatic heterocycles. The van der Waals surface area contributed by atoms with Crippen molar-refractivity contribution in [2.75, 3.05) is 0 Å². The maximum absolute atomic E-state index is 5.01. The molecule has 0 amide bonds. The summed E-state index contributed by atoms with van der Waals surface area (Å²) < 4.78 is 5.19. The van der Waals surface area contributed by atoms with Gasteiger partial charge in [-0.25, -0.2) is 9.97 Å². The van der Waals surface area contributed by atoms with E-state index < -0.39 is 0 Å². The maximum Gasteiger partial charge on any atom is 0.125 e. The zero-order chi connectivity index (χ0) is 25.9. The lowest BCUT2D eigenvalue weighted by atomic mass is 10.00. The molecule has 0 saturated heterocycles. The monoisotopic (exact) mass is 519 g/mol. The Balaban J connectivity index is 1.47. The number of thiophene rings is 1. The van der Waals surface area contributed by atoms with E-state index in [0.717, 1.165) is 17.9 Å². The van der Waals surface area contributed by atoms with E-state index in [1.807, 2.05) is 24.5 Å². The first-order valence-corrected chi connectivity index (χ1v) is 14.2. The molecule has 8 aromatic rings. The van der Waals surface area contributed by atoms with Gasteiger partial charge < -0.3 is 4.57 Å². The van der Waals surface area contributed by atoms with Crippen LogP contribution in [0.15, 0.2) is 109 Å². The van der Waals surface area contributed by atoms with Crippen molar-refractivity contribution in [1.29, 1.82) is 0 Å². The van der Waals surface area contributed by atoms with Crippen molar-refractivity contribution in [3.8, 4) is 0 Å². The highest BCUT2D eigenvalue weighted by molar-refractivity contribution is 7.27. The molecule has 3 nitrogen and oxygen atoms in total. The van der Waals surface area contributed by atoms with Crippen molar-refractivity contribution in [2.24, 2.45) is 0 Å². The lowest BCUT2D eigenvalue weighted by Crippen LogP contribution is -2.08. The van der Waals surface area contributed by atoms with E-state index in [1.54, 1.807) is 0 Å². The highest BCUT2D eigenvalue weighted by atomic mass is 32.1. The summed E-state index contributed by atoms with van der Waals surface area (Å²) in [6, 6.07) is 37.2. The molecule has 0 aliphatic carbocycles. The van der Waals surface area contributed by atoms with Crippen molar-refractivity contribution >= 4 is 64.1 Å². The van der Waals surface area contributed by atoms with E-state index in [1.165, 1.54) is 63.9 Å². The van der Waals surface area contributed by atoms with E-state index in [-0.39, 0.29) is 0 Å². The molecule has 0 radical (unpaired) electrons. The largest absolute Gasteiger partial charge is 0.334 e. The van der Waals surface area contributed by atoms with Crippen molar-refractivity contribution in [2.45, 2.75) is 19.9 Å². The summed E-state index contributed by atoms with van der Waals surface area (Å²) in [4.78, 5) is 9.60. The van der Waals surface area contributed by atoms with Crippen molar-refractivity contribution < 1.29 is 0 Å². The number of nitrogens with zero attached hydrogens (tertiary/aromatic N) is 3. The molecule has 186 valence electrons. The second-order valence-electron chi connectivity index (χ2n) is 10.2.